The van der Waals surface area contributed by atoms with Crippen molar-refractivity contribution in [3.63, 3.8) is 0 Å². The van der Waals surface area contributed by atoms with Crippen LogP contribution in [-0.4, -0.2) is 24.6 Å². The molecule has 20 heavy (non-hydrogen) atoms. The number of nitrogens with one attached hydrogen (secondary N) is 1. The van der Waals surface area contributed by atoms with Gasteiger partial charge in [-0.05, 0) is 37.8 Å². The van der Waals surface area contributed by atoms with Gasteiger partial charge in [0.2, 0.25) is 0 Å². The Morgan fingerprint density at radius 2 is 2.00 bits per heavy atom. The van der Waals surface area contributed by atoms with Crippen LogP contribution in [0.5, 0.6) is 0 Å². The van der Waals surface area contributed by atoms with Gasteiger partial charge < -0.3 is 10.2 Å². The molecule has 0 saturated carbocycles. The van der Waals surface area contributed by atoms with Crippen molar-refractivity contribution < 1.29 is 0 Å². The molecule has 4 heteroatoms. The van der Waals surface area contributed by atoms with E-state index in [1.807, 2.05) is 6.20 Å². The Hall–Kier alpha value is -1.76. The van der Waals surface area contributed by atoms with E-state index in [9.17, 15) is 0 Å². The summed E-state index contributed by atoms with van der Waals surface area (Å²) in [5, 5.41) is 12.1. The molecule has 0 amide bonds. The van der Waals surface area contributed by atoms with Gasteiger partial charge in [-0.3, -0.25) is 0 Å². The molecule has 0 saturated heterocycles. The minimum absolute atomic E-state index is 0.118. The normalized spacial score (nSPS) is 10.9. The van der Waals surface area contributed by atoms with E-state index in [1.165, 1.54) is 0 Å². The van der Waals surface area contributed by atoms with Crippen LogP contribution in [0.15, 0.2) is 18.3 Å². The van der Waals surface area contributed by atoms with E-state index in [4.69, 9.17) is 5.26 Å². The Kier molecular flexibility index (Phi) is 6.30. The van der Waals surface area contributed by atoms with Crippen molar-refractivity contribution in [2.24, 2.45) is 5.41 Å². The molecule has 1 aromatic rings. The molecule has 0 spiro atoms. The molecule has 0 bridgehead atoms. The van der Waals surface area contributed by atoms with Gasteiger partial charge in [-0.25, -0.2) is 4.98 Å². The van der Waals surface area contributed by atoms with E-state index in [0.29, 0.717) is 6.42 Å². The van der Waals surface area contributed by atoms with E-state index < -0.39 is 0 Å². The van der Waals surface area contributed by atoms with Crippen molar-refractivity contribution in [2.45, 2.75) is 40.5 Å². The zero-order valence-corrected chi connectivity index (χ0v) is 13.1. The van der Waals surface area contributed by atoms with Gasteiger partial charge in [-0.2, -0.15) is 5.26 Å². The van der Waals surface area contributed by atoms with Crippen LogP contribution >= 0.6 is 0 Å². The predicted molar refractivity (Wildman–Crippen MR) is 84.9 cm³/mol. The molecule has 0 aliphatic carbocycles. The van der Waals surface area contributed by atoms with Gasteiger partial charge >= 0.3 is 0 Å². The number of rotatable bonds is 8. The summed E-state index contributed by atoms with van der Waals surface area (Å²) in [5.41, 5.74) is 1.15. The topological polar surface area (TPSA) is 52.0 Å². The molecule has 0 aromatic carbocycles. The van der Waals surface area contributed by atoms with Crippen molar-refractivity contribution >= 4 is 11.5 Å². The van der Waals surface area contributed by atoms with Crippen LogP contribution in [0.2, 0.25) is 0 Å². The maximum Gasteiger partial charge on any atom is 0.128 e. The number of anilines is 2. The second-order valence-corrected chi connectivity index (χ2v) is 5.75. The number of hydrogen-bond acceptors (Lipinski definition) is 4. The summed E-state index contributed by atoms with van der Waals surface area (Å²) in [6.45, 7) is 11.4. The van der Waals surface area contributed by atoms with Gasteiger partial charge in [0.05, 0.1) is 18.0 Å². The molecule has 0 fully saturated rings. The number of nitriles is 1. The molecule has 4 nitrogen and oxygen atoms in total. The fourth-order valence-electron chi connectivity index (χ4n) is 2.05. The van der Waals surface area contributed by atoms with Crippen LogP contribution in [0.25, 0.3) is 0 Å². The Balaban J connectivity index is 2.56. The molecule has 0 atom stereocenters. The van der Waals surface area contributed by atoms with Gasteiger partial charge in [-0.1, -0.05) is 13.8 Å². The maximum atomic E-state index is 8.66. The monoisotopic (exact) mass is 274 g/mol. The molecule has 1 N–H and O–H groups in total. The highest BCUT2D eigenvalue weighted by molar-refractivity contribution is 5.48. The average Bonchev–Trinajstić information content (AvgIpc) is 2.46. The van der Waals surface area contributed by atoms with Crippen LogP contribution < -0.4 is 10.2 Å². The number of hydrogen-bond donors (Lipinski definition) is 1. The standard InChI is InChI=1S/C16H26N4/c1-5-20(6-2)15-9-8-14(12-18-15)19-13-16(3,4)10-7-11-17/h8-9,12,19H,5-7,10,13H2,1-4H3. The summed E-state index contributed by atoms with van der Waals surface area (Å²) in [6, 6.07) is 6.33. The molecule has 110 valence electrons. The summed E-state index contributed by atoms with van der Waals surface area (Å²) in [4.78, 5) is 6.72. The third-order valence-electron chi connectivity index (χ3n) is 3.52. The highest BCUT2D eigenvalue weighted by Crippen LogP contribution is 2.23. The Morgan fingerprint density at radius 1 is 1.30 bits per heavy atom. The molecule has 1 aromatic heterocycles. The molecule has 0 radical (unpaired) electrons. The fraction of sp³-hybridized carbons (Fsp3) is 0.625. The quantitative estimate of drug-likeness (QED) is 0.786. The van der Waals surface area contributed by atoms with E-state index in [0.717, 1.165) is 37.6 Å². The largest absolute Gasteiger partial charge is 0.383 e. The third kappa shape index (κ3) is 5.08. The van der Waals surface area contributed by atoms with Crippen LogP contribution in [0.3, 0.4) is 0 Å². The highest BCUT2D eigenvalue weighted by Gasteiger charge is 2.17. The number of aromatic nitrogens is 1. The summed E-state index contributed by atoms with van der Waals surface area (Å²) in [5.74, 6) is 1.02. The fourth-order valence-corrected chi connectivity index (χ4v) is 2.05. The minimum Gasteiger partial charge on any atom is -0.383 e. The smallest absolute Gasteiger partial charge is 0.128 e. The van der Waals surface area contributed by atoms with Crippen LogP contribution in [0.4, 0.5) is 11.5 Å². The molecule has 1 heterocycles. The summed E-state index contributed by atoms with van der Waals surface area (Å²) in [6.07, 6.45) is 3.39. The molecular formula is C16H26N4. The molecule has 0 aliphatic rings. The lowest BCUT2D eigenvalue weighted by Crippen LogP contribution is -2.24. The van der Waals surface area contributed by atoms with Gasteiger partial charge in [0, 0.05) is 26.1 Å². The highest BCUT2D eigenvalue weighted by atomic mass is 15.2. The first-order chi connectivity index (χ1) is 9.52. The summed E-state index contributed by atoms with van der Waals surface area (Å²) in [7, 11) is 0. The van der Waals surface area contributed by atoms with Crippen molar-refractivity contribution in [2.75, 3.05) is 29.9 Å². The zero-order valence-electron chi connectivity index (χ0n) is 13.1. The average molecular weight is 274 g/mol. The van der Waals surface area contributed by atoms with Gasteiger partial charge in [0.15, 0.2) is 0 Å². The van der Waals surface area contributed by atoms with Crippen LogP contribution in [0.1, 0.15) is 40.5 Å². The molecular weight excluding hydrogens is 248 g/mol. The molecule has 0 aliphatic heterocycles. The van der Waals surface area contributed by atoms with Gasteiger partial charge in [0.1, 0.15) is 5.82 Å². The van der Waals surface area contributed by atoms with Crippen molar-refractivity contribution in [3.05, 3.63) is 18.3 Å². The number of nitrogens with zero attached hydrogens (tertiary/aromatic N) is 3. The third-order valence-corrected chi connectivity index (χ3v) is 3.52. The second kappa shape index (κ2) is 7.74. The predicted octanol–water partition coefficient (Wildman–Crippen LogP) is 3.67. The SMILES string of the molecule is CCN(CC)c1ccc(NCC(C)(C)CCC#N)cn1. The van der Waals surface area contributed by atoms with Crippen LogP contribution in [-0.2, 0) is 0 Å². The van der Waals surface area contributed by atoms with E-state index in [2.05, 4.69) is 61.1 Å². The van der Waals surface area contributed by atoms with Crippen molar-refractivity contribution in [1.82, 2.24) is 4.98 Å². The molecule has 1 rings (SSSR count). The zero-order chi connectivity index (χ0) is 15.0. The van der Waals surface area contributed by atoms with E-state index in [1.54, 1.807) is 0 Å². The Bertz CT molecular complexity index is 427. The van der Waals surface area contributed by atoms with Gasteiger partial charge in [0.25, 0.3) is 0 Å². The first-order valence-corrected chi connectivity index (χ1v) is 7.34. The van der Waals surface area contributed by atoms with E-state index in [-0.39, 0.29) is 5.41 Å². The maximum absolute atomic E-state index is 8.66. The van der Waals surface area contributed by atoms with Crippen molar-refractivity contribution in [3.8, 4) is 6.07 Å². The first kappa shape index (κ1) is 16.3. The second-order valence-electron chi connectivity index (χ2n) is 5.75. The Labute approximate surface area is 122 Å². The van der Waals surface area contributed by atoms with Crippen LogP contribution in [0, 0.1) is 16.7 Å². The van der Waals surface area contributed by atoms with Crippen molar-refractivity contribution in [1.29, 1.82) is 5.26 Å². The van der Waals surface area contributed by atoms with E-state index >= 15 is 0 Å². The minimum atomic E-state index is 0.118. The number of pyridine rings is 1. The van der Waals surface area contributed by atoms with Gasteiger partial charge in [-0.15, -0.1) is 0 Å². The lowest BCUT2D eigenvalue weighted by Gasteiger charge is -2.24. The molecule has 0 unspecified atom stereocenters. The lowest BCUT2D eigenvalue weighted by molar-refractivity contribution is 0.364. The lowest BCUT2D eigenvalue weighted by atomic mass is 9.88. The summed E-state index contributed by atoms with van der Waals surface area (Å²) < 4.78 is 0. The Morgan fingerprint density at radius 3 is 2.50 bits per heavy atom. The first-order valence-electron chi connectivity index (χ1n) is 7.34. The summed E-state index contributed by atoms with van der Waals surface area (Å²) >= 11 is 0.